The zero-order valence-electron chi connectivity index (χ0n) is 25.0. The average molecular weight is 507 g/mol. The number of carbonyl (C=O) groups excluding carboxylic acids is 1. The van der Waals surface area contributed by atoms with Gasteiger partial charge in [0.15, 0.2) is 0 Å². The molecule has 0 aromatic heterocycles. The van der Waals surface area contributed by atoms with Crippen LogP contribution in [0.1, 0.15) is 206 Å². The van der Waals surface area contributed by atoms with E-state index in [0.717, 1.165) is 12.8 Å². The summed E-state index contributed by atoms with van der Waals surface area (Å²) in [6, 6.07) is 0. The first-order valence-corrected chi connectivity index (χ1v) is 16.9. The lowest BCUT2D eigenvalue weighted by Crippen LogP contribution is -2.47. The maximum absolute atomic E-state index is 11.6. The van der Waals surface area contributed by atoms with Gasteiger partial charge in [-0.2, -0.15) is 0 Å². The predicted molar refractivity (Wildman–Crippen MR) is 159 cm³/mol. The zero-order valence-corrected chi connectivity index (χ0v) is 25.0. The summed E-state index contributed by atoms with van der Waals surface area (Å²) in [7, 11) is 0. The number of carbonyl (C=O) groups is 1. The van der Waals surface area contributed by atoms with Crippen LogP contribution in [0.4, 0.5) is 0 Å². The van der Waals surface area contributed by atoms with Crippen molar-refractivity contribution in [1.29, 1.82) is 0 Å². The van der Waals surface area contributed by atoms with E-state index in [1.807, 2.05) is 0 Å². The summed E-state index contributed by atoms with van der Waals surface area (Å²) in [5.74, 6) is 0.0369. The minimum Gasteiger partial charge on any atom is -0.458 e. The van der Waals surface area contributed by atoms with Crippen LogP contribution in [0.2, 0.25) is 0 Å². The minimum absolute atomic E-state index is 0.0369. The highest BCUT2D eigenvalue weighted by Gasteiger charge is 2.44. The van der Waals surface area contributed by atoms with E-state index in [1.165, 1.54) is 173 Å². The Labute approximate surface area is 227 Å². The summed E-state index contributed by atoms with van der Waals surface area (Å²) in [5, 5.41) is 0. The number of ether oxygens (including phenoxy) is 1. The molecule has 0 saturated carbocycles. The highest BCUT2D eigenvalue weighted by molar-refractivity contribution is 5.76. The molecule has 0 aromatic rings. The van der Waals surface area contributed by atoms with Crippen molar-refractivity contribution in [1.82, 2.24) is 0 Å². The van der Waals surface area contributed by atoms with E-state index in [9.17, 15) is 4.79 Å². The SMILES string of the molecule is CCCCCCCCCCCCCCCCCC1(CCCCCCCCCCCCCC)CC(=O)O1. The van der Waals surface area contributed by atoms with Gasteiger partial charge in [-0.1, -0.05) is 174 Å². The molecular weight excluding hydrogens is 440 g/mol. The van der Waals surface area contributed by atoms with Gasteiger partial charge in [-0.25, -0.2) is 0 Å². The van der Waals surface area contributed by atoms with Gasteiger partial charge in [-0.05, 0) is 25.7 Å². The van der Waals surface area contributed by atoms with Crippen LogP contribution in [0.3, 0.4) is 0 Å². The van der Waals surface area contributed by atoms with Crippen LogP contribution in [0.15, 0.2) is 0 Å². The summed E-state index contributed by atoms with van der Waals surface area (Å²) in [5.41, 5.74) is -0.0773. The fourth-order valence-corrected chi connectivity index (χ4v) is 6.01. The second-order valence-electron chi connectivity index (χ2n) is 12.2. The van der Waals surface area contributed by atoms with E-state index in [4.69, 9.17) is 4.74 Å². The van der Waals surface area contributed by atoms with Crippen molar-refractivity contribution in [2.45, 2.75) is 212 Å². The second kappa shape index (κ2) is 24.8. The second-order valence-corrected chi connectivity index (χ2v) is 12.2. The number of rotatable bonds is 29. The van der Waals surface area contributed by atoms with Crippen molar-refractivity contribution in [2.75, 3.05) is 0 Å². The maximum Gasteiger partial charge on any atom is 0.310 e. The van der Waals surface area contributed by atoms with Gasteiger partial charge in [0.1, 0.15) is 5.60 Å². The number of esters is 1. The molecule has 1 atom stereocenters. The number of hydrogen-bond donors (Lipinski definition) is 0. The molecule has 0 N–H and O–H groups in total. The average Bonchev–Trinajstić information content (AvgIpc) is 2.86. The summed E-state index contributed by atoms with van der Waals surface area (Å²) in [4.78, 5) is 11.6. The van der Waals surface area contributed by atoms with Crippen molar-refractivity contribution in [3.8, 4) is 0 Å². The molecule has 214 valence electrons. The van der Waals surface area contributed by atoms with Crippen molar-refractivity contribution in [3.63, 3.8) is 0 Å². The van der Waals surface area contributed by atoms with Crippen LogP contribution < -0.4 is 0 Å². The van der Waals surface area contributed by atoms with Crippen LogP contribution in [-0.4, -0.2) is 11.6 Å². The smallest absolute Gasteiger partial charge is 0.310 e. The molecule has 0 spiro atoms. The number of unbranched alkanes of at least 4 members (excludes halogenated alkanes) is 25. The third-order valence-electron chi connectivity index (χ3n) is 8.52. The Morgan fingerprint density at radius 1 is 0.444 bits per heavy atom. The standard InChI is InChI=1S/C34H66O2/c1-3-5-7-9-11-13-15-17-18-19-21-23-25-27-29-31-34(32-33(35)36-34)30-28-26-24-22-20-16-14-12-10-8-6-4-2/h3-32H2,1-2H3. The molecule has 1 rings (SSSR count). The van der Waals surface area contributed by atoms with E-state index >= 15 is 0 Å². The van der Waals surface area contributed by atoms with Crippen molar-refractivity contribution < 1.29 is 9.53 Å². The Hall–Kier alpha value is -0.530. The number of hydrogen-bond acceptors (Lipinski definition) is 2. The van der Waals surface area contributed by atoms with E-state index in [2.05, 4.69) is 13.8 Å². The van der Waals surface area contributed by atoms with Crippen LogP contribution in [0.5, 0.6) is 0 Å². The van der Waals surface area contributed by atoms with Gasteiger partial charge in [0.05, 0.1) is 6.42 Å². The summed E-state index contributed by atoms with van der Waals surface area (Å²) in [6.45, 7) is 4.58. The fraction of sp³-hybridized carbons (Fsp3) is 0.971. The van der Waals surface area contributed by atoms with E-state index < -0.39 is 0 Å². The molecule has 0 amide bonds. The van der Waals surface area contributed by atoms with Gasteiger partial charge in [-0.15, -0.1) is 0 Å². The van der Waals surface area contributed by atoms with E-state index in [-0.39, 0.29) is 11.6 Å². The normalized spacial score (nSPS) is 17.3. The molecule has 1 aliphatic rings. The molecule has 1 saturated heterocycles. The molecule has 0 radical (unpaired) electrons. The quantitative estimate of drug-likeness (QED) is 0.0744. The van der Waals surface area contributed by atoms with Gasteiger partial charge >= 0.3 is 5.97 Å². The van der Waals surface area contributed by atoms with Crippen molar-refractivity contribution in [2.24, 2.45) is 0 Å². The number of cyclic esters (lactones) is 1. The van der Waals surface area contributed by atoms with Crippen LogP contribution in [-0.2, 0) is 9.53 Å². The van der Waals surface area contributed by atoms with Crippen LogP contribution in [0.25, 0.3) is 0 Å². The molecule has 2 heteroatoms. The van der Waals surface area contributed by atoms with Gasteiger partial charge in [-0.3, -0.25) is 4.79 Å². The Bertz CT molecular complexity index is 464. The fourth-order valence-electron chi connectivity index (χ4n) is 6.01. The molecule has 36 heavy (non-hydrogen) atoms. The molecule has 0 aromatic carbocycles. The summed E-state index contributed by atoms with van der Waals surface area (Å²) >= 11 is 0. The van der Waals surface area contributed by atoms with Crippen LogP contribution in [0, 0.1) is 0 Å². The molecule has 0 bridgehead atoms. The zero-order chi connectivity index (χ0) is 26.0. The first-order chi connectivity index (χ1) is 17.7. The van der Waals surface area contributed by atoms with Gasteiger partial charge in [0, 0.05) is 0 Å². The van der Waals surface area contributed by atoms with E-state index in [0.29, 0.717) is 6.42 Å². The highest BCUT2D eigenvalue weighted by atomic mass is 16.6. The van der Waals surface area contributed by atoms with Crippen LogP contribution >= 0.6 is 0 Å². The first-order valence-electron chi connectivity index (χ1n) is 16.9. The first kappa shape index (κ1) is 33.5. The van der Waals surface area contributed by atoms with E-state index in [1.54, 1.807) is 0 Å². The third kappa shape index (κ3) is 19.6. The largest absolute Gasteiger partial charge is 0.458 e. The van der Waals surface area contributed by atoms with Crippen molar-refractivity contribution >= 4 is 5.97 Å². The summed E-state index contributed by atoms with van der Waals surface area (Å²) in [6.07, 6.45) is 40.6. The van der Waals surface area contributed by atoms with Crippen molar-refractivity contribution in [3.05, 3.63) is 0 Å². The Balaban J connectivity index is 1.87. The highest BCUT2D eigenvalue weighted by Crippen LogP contribution is 2.38. The molecule has 1 unspecified atom stereocenters. The predicted octanol–water partition coefficient (Wildman–Crippen LogP) is 12.0. The monoisotopic (exact) mass is 507 g/mol. The Morgan fingerprint density at radius 2 is 0.667 bits per heavy atom. The Kier molecular flexibility index (Phi) is 23.1. The van der Waals surface area contributed by atoms with Gasteiger partial charge in [0.2, 0.25) is 0 Å². The minimum atomic E-state index is -0.0773. The molecule has 2 nitrogen and oxygen atoms in total. The molecule has 1 fully saturated rings. The molecule has 0 aliphatic carbocycles. The lowest BCUT2D eigenvalue weighted by Gasteiger charge is -2.41. The summed E-state index contributed by atoms with van der Waals surface area (Å²) < 4.78 is 5.71. The molecular formula is C34H66O2. The van der Waals surface area contributed by atoms with Gasteiger partial charge in [0.25, 0.3) is 0 Å². The topological polar surface area (TPSA) is 26.3 Å². The Morgan fingerprint density at radius 3 is 0.889 bits per heavy atom. The molecule has 1 heterocycles. The van der Waals surface area contributed by atoms with Gasteiger partial charge < -0.3 is 4.74 Å². The molecule has 1 aliphatic heterocycles. The maximum atomic E-state index is 11.6. The third-order valence-corrected chi connectivity index (χ3v) is 8.52. The lowest BCUT2D eigenvalue weighted by atomic mass is 9.83. The lowest BCUT2D eigenvalue weighted by molar-refractivity contribution is -0.194.